The number of hydrogen-bond donors (Lipinski definition) is 1. The topological polar surface area (TPSA) is 43.8 Å². The molecule has 0 fully saturated rings. The van der Waals surface area contributed by atoms with E-state index in [0.717, 1.165) is 22.2 Å². The van der Waals surface area contributed by atoms with E-state index >= 15 is 0 Å². The molecule has 1 unspecified atom stereocenters. The molecule has 0 aliphatic rings. The summed E-state index contributed by atoms with van der Waals surface area (Å²) in [6, 6.07) is 12.8. The van der Waals surface area contributed by atoms with Crippen molar-refractivity contribution < 1.29 is 4.39 Å². The summed E-state index contributed by atoms with van der Waals surface area (Å²) in [6.45, 7) is 1.87. The summed E-state index contributed by atoms with van der Waals surface area (Å²) in [6.07, 6.45) is 0.515. The van der Waals surface area contributed by atoms with Crippen molar-refractivity contribution in [3.05, 3.63) is 65.1 Å². The van der Waals surface area contributed by atoms with Gasteiger partial charge >= 0.3 is 0 Å². The lowest BCUT2D eigenvalue weighted by Crippen LogP contribution is -2.15. The zero-order valence-electron chi connectivity index (χ0n) is 12.2. The third kappa shape index (κ3) is 2.54. The Labute approximate surface area is 123 Å². The summed E-state index contributed by atoms with van der Waals surface area (Å²) in [5.74, 6) is -0.247. The highest BCUT2D eigenvalue weighted by Crippen LogP contribution is 2.24. The van der Waals surface area contributed by atoms with Crippen LogP contribution in [0, 0.1) is 12.7 Å². The van der Waals surface area contributed by atoms with Gasteiger partial charge < -0.3 is 5.73 Å². The molecule has 4 heteroatoms. The van der Waals surface area contributed by atoms with Crippen LogP contribution in [0.4, 0.5) is 4.39 Å². The van der Waals surface area contributed by atoms with Crippen LogP contribution in [0.3, 0.4) is 0 Å². The van der Waals surface area contributed by atoms with E-state index in [9.17, 15) is 4.39 Å². The van der Waals surface area contributed by atoms with Crippen LogP contribution in [0.25, 0.3) is 10.9 Å². The largest absolute Gasteiger partial charge is 0.324 e. The van der Waals surface area contributed by atoms with Crippen molar-refractivity contribution in [1.82, 2.24) is 9.78 Å². The van der Waals surface area contributed by atoms with Crippen molar-refractivity contribution in [2.75, 3.05) is 0 Å². The van der Waals surface area contributed by atoms with Crippen molar-refractivity contribution >= 4 is 10.9 Å². The number of hydrogen-bond acceptors (Lipinski definition) is 2. The minimum Gasteiger partial charge on any atom is -0.324 e. The van der Waals surface area contributed by atoms with Crippen LogP contribution in [-0.4, -0.2) is 9.78 Å². The fourth-order valence-corrected chi connectivity index (χ4v) is 2.69. The predicted octanol–water partition coefficient (Wildman–Crippen LogP) is 3.26. The number of fused-ring (bicyclic) bond motifs is 1. The van der Waals surface area contributed by atoms with Crippen molar-refractivity contribution in [3.8, 4) is 0 Å². The zero-order valence-corrected chi connectivity index (χ0v) is 12.2. The lowest BCUT2D eigenvalue weighted by Gasteiger charge is -2.12. The molecule has 3 aromatic rings. The second-order valence-corrected chi connectivity index (χ2v) is 5.42. The third-order valence-corrected chi connectivity index (χ3v) is 3.80. The van der Waals surface area contributed by atoms with Crippen LogP contribution in [-0.2, 0) is 13.5 Å². The Morgan fingerprint density at radius 3 is 2.76 bits per heavy atom. The number of para-hydroxylation sites is 1. The summed E-state index contributed by atoms with van der Waals surface area (Å²) in [4.78, 5) is 0. The summed E-state index contributed by atoms with van der Waals surface area (Å²) in [7, 11) is 1.91. The highest BCUT2D eigenvalue weighted by molar-refractivity contribution is 5.81. The molecule has 2 aromatic carbocycles. The Hall–Kier alpha value is -2.20. The molecule has 108 valence electrons. The van der Waals surface area contributed by atoms with Crippen LogP contribution in [0.2, 0.25) is 0 Å². The van der Waals surface area contributed by atoms with E-state index in [-0.39, 0.29) is 5.82 Å². The van der Waals surface area contributed by atoms with Crippen LogP contribution < -0.4 is 5.73 Å². The van der Waals surface area contributed by atoms with E-state index in [2.05, 4.69) is 5.10 Å². The molecule has 0 aliphatic carbocycles. The number of aryl methyl sites for hydroxylation is 2. The summed E-state index contributed by atoms with van der Waals surface area (Å²) < 4.78 is 15.9. The van der Waals surface area contributed by atoms with E-state index in [0.29, 0.717) is 12.0 Å². The maximum absolute atomic E-state index is 14.0. The molecule has 2 N–H and O–H groups in total. The highest BCUT2D eigenvalue weighted by Gasteiger charge is 2.16. The normalized spacial score (nSPS) is 12.8. The molecule has 3 nitrogen and oxygen atoms in total. The molecule has 1 heterocycles. The summed E-state index contributed by atoms with van der Waals surface area (Å²) >= 11 is 0. The first-order chi connectivity index (χ1) is 10.1. The monoisotopic (exact) mass is 283 g/mol. The van der Waals surface area contributed by atoms with Gasteiger partial charge in [0, 0.05) is 30.5 Å². The molecule has 1 atom stereocenters. The van der Waals surface area contributed by atoms with E-state index in [1.54, 1.807) is 6.07 Å². The minimum absolute atomic E-state index is 0.247. The smallest absolute Gasteiger partial charge is 0.128 e. The second-order valence-electron chi connectivity index (χ2n) is 5.42. The molecule has 1 aromatic heterocycles. The lowest BCUT2D eigenvalue weighted by atomic mass is 9.99. The van der Waals surface area contributed by atoms with Gasteiger partial charge in [-0.15, -0.1) is 0 Å². The molecule has 21 heavy (non-hydrogen) atoms. The van der Waals surface area contributed by atoms with Crippen LogP contribution >= 0.6 is 0 Å². The summed E-state index contributed by atoms with van der Waals surface area (Å²) in [5, 5.41) is 5.59. The van der Waals surface area contributed by atoms with Gasteiger partial charge in [0.2, 0.25) is 0 Å². The Morgan fingerprint density at radius 1 is 1.24 bits per heavy atom. The third-order valence-electron chi connectivity index (χ3n) is 3.80. The molecular weight excluding hydrogens is 265 g/mol. The number of aromatic nitrogens is 2. The average molecular weight is 283 g/mol. The van der Waals surface area contributed by atoms with Crippen molar-refractivity contribution in [2.45, 2.75) is 19.4 Å². The highest BCUT2D eigenvalue weighted by atomic mass is 19.1. The van der Waals surface area contributed by atoms with E-state index in [4.69, 9.17) is 5.73 Å². The summed E-state index contributed by atoms with van der Waals surface area (Å²) in [5.41, 5.74) is 9.58. The predicted molar refractivity (Wildman–Crippen MR) is 82.5 cm³/mol. The van der Waals surface area contributed by atoms with Gasteiger partial charge in [0.1, 0.15) is 5.82 Å². The van der Waals surface area contributed by atoms with Crippen molar-refractivity contribution in [2.24, 2.45) is 12.8 Å². The molecular formula is C17H18FN3. The number of benzene rings is 2. The Balaban J connectivity index is 1.94. The Kier molecular flexibility index (Phi) is 3.47. The van der Waals surface area contributed by atoms with E-state index in [1.165, 1.54) is 6.07 Å². The van der Waals surface area contributed by atoms with Gasteiger partial charge in [0.05, 0.1) is 11.2 Å². The van der Waals surface area contributed by atoms with Gasteiger partial charge in [0.25, 0.3) is 0 Å². The quantitative estimate of drug-likeness (QED) is 0.801. The molecule has 0 spiro atoms. The number of halogens is 1. The number of nitrogens with two attached hydrogens (primary N) is 1. The van der Waals surface area contributed by atoms with Gasteiger partial charge in [-0.05, 0) is 24.6 Å². The van der Waals surface area contributed by atoms with Crippen LogP contribution in [0.15, 0.2) is 42.5 Å². The van der Waals surface area contributed by atoms with Crippen molar-refractivity contribution in [1.29, 1.82) is 0 Å². The van der Waals surface area contributed by atoms with Crippen LogP contribution in [0.1, 0.15) is 22.9 Å². The van der Waals surface area contributed by atoms with Gasteiger partial charge in [-0.3, -0.25) is 4.68 Å². The van der Waals surface area contributed by atoms with E-state index in [1.807, 2.05) is 49.0 Å². The van der Waals surface area contributed by atoms with E-state index < -0.39 is 6.04 Å². The minimum atomic E-state index is -0.399. The fraction of sp³-hybridized carbons (Fsp3) is 0.235. The molecule has 0 saturated heterocycles. The fourth-order valence-electron chi connectivity index (χ4n) is 2.69. The average Bonchev–Trinajstić information content (AvgIpc) is 2.76. The molecule has 0 saturated carbocycles. The molecule has 0 bridgehead atoms. The first-order valence-corrected chi connectivity index (χ1v) is 6.98. The Morgan fingerprint density at radius 2 is 2.00 bits per heavy atom. The van der Waals surface area contributed by atoms with Crippen molar-refractivity contribution in [3.63, 3.8) is 0 Å². The van der Waals surface area contributed by atoms with Gasteiger partial charge in [-0.25, -0.2) is 4.39 Å². The molecule has 3 rings (SSSR count). The second kappa shape index (κ2) is 5.30. The SMILES string of the molecule is Cc1ccc(C(N)Cc2nn(C)c3ccccc23)c(F)c1. The maximum Gasteiger partial charge on any atom is 0.128 e. The van der Waals surface area contributed by atoms with Gasteiger partial charge in [-0.2, -0.15) is 5.10 Å². The molecule has 0 amide bonds. The van der Waals surface area contributed by atoms with Gasteiger partial charge in [0.15, 0.2) is 0 Å². The number of nitrogens with zero attached hydrogens (tertiary/aromatic N) is 2. The Bertz CT molecular complexity index is 792. The standard InChI is InChI=1S/C17H18FN3/c1-11-7-8-12(14(18)9-11)15(19)10-16-13-5-3-4-6-17(13)21(2)20-16/h3-9,15H,10,19H2,1-2H3. The lowest BCUT2D eigenvalue weighted by molar-refractivity contribution is 0.575. The first-order valence-electron chi connectivity index (χ1n) is 6.98. The molecule has 0 radical (unpaired) electrons. The van der Waals surface area contributed by atoms with Crippen LogP contribution in [0.5, 0.6) is 0 Å². The zero-order chi connectivity index (χ0) is 15.0. The molecule has 0 aliphatic heterocycles. The van der Waals surface area contributed by atoms with Gasteiger partial charge in [-0.1, -0.05) is 30.3 Å². The number of rotatable bonds is 3. The maximum atomic E-state index is 14.0. The first kappa shape index (κ1) is 13.8.